The third-order valence-corrected chi connectivity index (χ3v) is 3.42. The van der Waals surface area contributed by atoms with Gasteiger partial charge in [-0.05, 0) is 43.0 Å². The smallest absolute Gasteiger partial charge is 0.406 e. The van der Waals surface area contributed by atoms with Crippen LogP contribution in [0.3, 0.4) is 0 Å². The van der Waals surface area contributed by atoms with Crippen LogP contribution in [0.1, 0.15) is 23.2 Å². The van der Waals surface area contributed by atoms with Gasteiger partial charge in [0.2, 0.25) is 0 Å². The van der Waals surface area contributed by atoms with Crippen molar-refractivity contribution in [3.63, 3.8) is 0 Å². The maximum absolute atomic E-state index is 12.1. The average Bonchev–Trinajstić information content (AvgIpc) is 2.35. The lowest BCUT2D eigenvalue weighted by Crippen LogP contribution is -2.39. The van der Waals surface area contributed by atoms with E-state index in [4.69, 9.17) is 0 Å². The van der Waals surface area contributed by atoms with Crippen LogP contribution >= 0.6 is 0 Å². The van der Waals surface area contributed by atoms with Crippen LogP contribution in [-0.4, -0.2) is 42.0 Å². The summed E-state index contributed by atoms with van der Waals surface area (Å²) in [6.07, 6.45) is -3.67. The van der Waals surface area contributed by atoms with Crippen molar-refractivity contribution in [2.45, 2.75) is 25.3 Å². The summed E-state index contributed by atoms with van der Waals surface area (Å²) in [5.41, 5.74) is 0.298. The number of benzene rings is 1. The first-order chi connectivity index (χ1) is 9.74. The van der Waals surface area contributed by atoms with Crippen LogP contribution in [0.2, 0.25) is 0 Å². The monoisotopic (exact) mass is 303 g/mol. The van der Waals surface area contributed by atoms with Crippen molar-refractivity contribution in [1.29, 1.82) is 0 Å². The van der Waals surface area contributed by atoms with Gasteiger partial charge in [-0.25, -0.2) is 0 Å². The number of halogens is 3. The first-order valence-corrected chi connectivity index (χ1v) is 6.54. The molecule has 7 heteroatoms. The van der Waals surface area contributed by atoms with Gasteiger partial charge in [0.05, 0.1) is 6.10 Å². The second-order valence-electron chi connectivity index (χ2n) is 5.25. The Kier molecular flexibility index (Phi) is 4.41. The van der Waals surface area contributed by atoms with E-state index in [1.165, 1.54) is 17.0 Å². The van der Waals surface area contributed by atoms with Gasteiger partial charge in [-0.3, -0.25) is 4.79 Å². The summed E-state index contributed by atoms with van der Waals surface area (Å²) in [4.78, 5) is 13.6. The highest BCUT2D eigenvalue weighted by Crippen LogP contribution is 2.28. The average molecular weight is 303 g/mol. The third kappa shape index (κ3) is 4.35. The molecule has 0 bridgehead atoms. The number of carbonyl (C=O) groups excluding carboxylic acids is 1. The molecule has 1 N–H and O–H groups in total. The zero-order chi connectivity index (χ0) is 15.6. The van der Waals surface area contributed by atoms with Gasteiger partial charge in [-0.2, -0.15) is 0 Å². The summed E-state index contributed by atoms with van der Waals surface area (Å²) >= 11 is 0. The Morgan fingerprint density at radius 3 is 2.38 bits per heavy atom. The molecular weight excluding hydrogens is 287 g/mol. The minimum atomic E-state index is -4.74. The molecule has 1 aliphatic rings. The van der Waals surface area contributed by atoms with Gasteiger partial charge < -0.3 is 14.7 Å². The molecule has 0 atom stereocenters. The van der Waals surface area contributed by atoms with Crippen LogP contribution in [-0.2, 0) is 0 Å². The van der Waals surface area contributed by atoms with E-state index in [-0.39, 0.29) is 23.7 Å². The van der Waals surface area contributed by atoms with Crippen molar-refractivity contribution < 1.29 is 27.8 Å². The lowest BCUT2D eigenvalue weighted by Gasteiger charge is -2.34. The molecule has 0 radical (unpaired) electrons. The molecule has 2 rings (SSSR count). The van der Waals surface area contributed by atoms with Gasteiger partial charge in [0.1, 0.15) is 5.75 Å². The molecular formula is C14H16F3NO3. The number of carbonyl (C=O) groups is 1. The van der Waals surface area contributed by atoms with Gasteiger partial charge >= 0.3 is 6.36 Å². The Bertz CT molecular complexity index is 495. The fourth-order valence-electron chi connectivity index (χ4n) is 2.34. The molecule has 0 saturated heterocycles. The first-order valence-electron chi connectivity index (χ1n) is 6.54. The van der Waals surface area contributed by atoms with Crippen molar-refractivity contribution in [3.05, 3.63) is 29.8 Å². The topological polar surface area (TPSA) is 49.8 Å². The minimum Gasteiger partial charge on any atom is -0.406 e. The number of hydrogen-bond acceptors (Lipinski definition) is 3. The van der Waals surface area contributed by atoms with Crippen molar-refractivity contribution >= 4 is 5.91 Å². The molecule has 0 spiro atoms. The van der Waals surface area contributed by atoms with Crippen LogP contribution in [0.5, 0.6) is 5.75 Å². The van der Waals surface area contributed by atoms with E-state index in [1.807, 2.05) is 0 Å². The van der Waals surface area contributed by atoms with E-state index in [2.05, 4.69) is 4.74 Å². The van der Waals surface area contributed by atoms with Gasteiger partial charge in [-0.15, -0.1) is 13.2 Å². The molecule has 1 amide bonds. The molecule has 21 heavy (non-hydrogen) atoms. The van der Waals surface area contributed by atoms with Gasteiger partial charge in [0, 0.05) is 19.2 Å². The normalized spacial score (nSPS) is 21.6. The SMILES string of the molecule is CN(CC1CC(O)C1)C(=O)c1ccc(OC(F)(F)F)cc1. The molecule has 0 unspecified atom stereocenters. The van der Waals surface area contributed by atoms with Crippen molar-refractivity contribution in [1.82, 2.24) is 4.90 Å². The van der Waals surface area contributed by atoms with Crippen molar-refractivity contribution in [2.75, 3.05) is 13.6 Å². The number of amides is 1. The van der Waals surface area contributed by atoms with Crippen LogP contribution < -0.4 is 4.74 Å². The second kappa shape index (κ2) is 5.93. The van der Waals surface area contributed by atoms with E-state index in [1.54, 1.807) is 7.05 Å². The van der Waals surface area contributed by atoms with E-state index in [0.717, 1.165) is 12.1 Å². The number of ether oxygens (including phenoxy) is 1. The predicted octanol–water partition coefficient (Wildman–Crippen LogP) is 2.43. The quantitative estimate of drug-likeness (QED) is 0.929. The number of aliphatic hydroxyl groups is 1. The van der Waals surface area contributed by atoms with Crippen LogP contribution in [0.4, 0.5) is 13.2 Å². The molecule has 1 saturated carbocycles. The maximum Gasteiger partial charge on any atom is 0.573 e. The molecule has 0 aliphatic heterocycles. The van der Waals surface area contributed by atoms with Crippen LogP contribution in [0, 0.1) is 5.92 Å². The Hall–Kier alpha value is -1.76. The highest BCUT2D eigenvalue weighted by Gasteiger charge is 2.31. The summed E-state index contributed by atoms with van der Waals surface area (Å²) in [7, 11) is 1.63. The van der Waals surface area contributed by atoms with E-state index < -0.39 is 6.36 Å². The van der Waals surface area contributed by atoms with Crippen LogP contribution in [0.15, 0.2) is 24.3 Å². The molecule has 1 aliphatic carbocycles. The summed E-state index contributed by atoms with van der Waals surface area (Å²) < 4.78 is 39.8. The minimum absolute atomic E-state index is 0.269. The fraction of sp³-hybridized carbons (Fsp3) is 0.500. The Labute approximate surface area is 120 Å². The second-order valence-corrected chi connectivity index (χ2v) is 5.25. The summed E-state index contributed by atoms with van der Waals surface area (Å²) in [5.74, 6) is -0.347. The molecule has 4 nitrogen and oxygen atoms in total. The third-order valence-electron chi connectivity index (χ3n) is 3.42. The largest absolute Gasteiger partial charge is 0.573 e. The Morgan fingerprint density at radius 2 is 1.90 bits per heavy atom. The van der Waals surface area contributed by atoms with Crippen LogP contribution in [0.25, 0.3) is 0 Å². The Morgan fingerprint density at radius 1 is 1.33 bits per heavy atom. The van der Waals surface area contributed by atoms with E-state index in [9.17, 15) is 23.1 Å². The molecule has 116 valence electrons. The predicted molar refractivity (Wildman–Crippen MR) is 68.8 cm³/mol. The highest BCUT2D eigenvalue weighted by atomic mass is 19.4. The fourth-order valence-corrected chi connectivity index (χ4v) is 2.34. The van der Waals surface area contributed by atoms with Crippen molar-refractivity contribution in [2.24, 2.45) is 5.92 Å². The van der Waals surface area contributed by atoms with Gasteiger partial charge in [0.25, 0.3) is 5.91 Å². The molecule has 1 aromatic rings. The summed E-state index contributed by atoms with van der Waals surface area (Å²) in [6.45, 7) is 0.524. The summed E-state index contributed by atoms with van der Waals surface area (Å²) in [6, 6.07) is 4.83. The number of hydrogen-bond donors (Lipinski definition) is 1. The zero-order valence-corrected chi connectivity index (χ0v) is 11.4. The molecule has 0 heterocycles. The Balaban J connectivity index is 1.93. The number of alkyl halides is 3. The van der Waals surface area contributed by atoms with Gasteiger partial charge in [0.15, 0.2) is 0 Å². The van der Waals surface area contributed by atoms with E-state index >= 15 is 0 Å². The number of aliphatic hydroxyl groups excluding tert-OH is 1. The lowest BCUT2D eigenvalue weighted by molar-refractivity contribution is -0.274. The van der Waals surface area contributed by atoms with Crippen molar-refractivity contribution in [3.8, 4) is 5.75 Å². The number of rotatable bonds is 4. The molecule has 0 aromatic heterocycles. The van der Waals surface area contributed by atoms with E-state index in [0.29, 0.717) is 24.9 Å². The van der Waals surface area contributed by atoms with Gasteiger partial charge in [-0.1, -0.05) is 0 Å². The summed E-state index contributed by atoms with van der Waals surface area (Å²) in [5, 5.41) is 9.20. The standard InChI is InChI=1S/C14H16F3NO3/c1-18(8-9-6-11(19)7-9)13(20)10-2-4-12(5-3-10)21-14(15,16)17/h2-5,9,11,19H,6-8H2,1H3. The highest BCUT2D eigenvalue weighted by molar-refractivity contribution is 5.94. The number of nitrogens with zero attached hydrogens (tertiary/aromatic N) is 1. The zero-order valence-electron chi connectivity index (χ0n) is 11.4. The maximum atomic E-state index is 12.1. The first kappa shape index (κ1) is 15.6. The lowest BCUT2D eigenvalue weighted by atomic mass is 9.82. The molecule has 1 fully saturated rings. The molecule has 1 aromatic carbocycles.